The zero-order valence-corrected chi connectivity index (χ0v) is 12.6. The monoisotopic (exact) mass is 340 g/mol. The first kappa shape index (κ1) is 15.0. The molecule has 1 aliphatic rings. The molecule has 2 N–H and O–H groups in total. The zero-order chi connectivity index (χ0) is 14.4. The lowest BCUT2D eigenvalue weighted by atomic mass is 9.96. The Labute approximate surface area is 126 Å². The number of rotatable bonds is 4. The molecule has 0 saturated heterocycles. The van der Waals surface area contributed by atoms with E-state index in [1.165, 1.54) is 0 Å². The lowest BCUT2D eigenvalue weighted by Crippen LogP contribution is -2.26. The van der Waals surface area contributed by atoms with Gasteiger partial charge in [0.25, 0.3) is 0 Å². The second-order valence-corrected chi connectivity index (χ2v) is 5.65. The molecule has 0 unspecified atom stereocenters. The van der Waals surface area contributed by atoms with Gasteiger partial charge in [-0.15, -0.1) is 0 Å². The summed E-state index contributed by atoms with van der Waals surface area (Å²) in [5.41, 5.74) is 1.56. The van der Waals surface area contributed by atoms with Crippen LogP contribution in [0.15, 0.2) is 33.9 Å². The van der Waals surface area contributed by atoms with Crippen LogP contribution in [0.25, 0.3) is 0 Å². The van der Waals surface area contributed by atoms with E-state index in [1.807, 2.05) is 24.3 Å². The molecule has 5 nitrogen and oxygen atoms in total. The van der Waals surface area contributed by atoms with E-state index >= 15 is 0 Å². The molecule has 1 aliphatic carbocycles. The van der Waals surface area contributed by atoms with Gasteiger partial charge in [0.05, 0.1) is 11.8 Å². The number of carbonyl (C=O) groups is 1. The van der Waals surface area contributed by atoms with Crippen LogP contribution in [0.1, 0.15) is 25.7 Å². The van der Waals surface area contributed by atoms with Gasteiger partial charge in [0.2, 0.25) is 5.91 Å². The highest BCUT2D eigenvalue weighted by Gasteiger charge is 2.19. The predicted molar refractivity (Wildman–Crippen MR) is 80.2 cm³/mol. The number of amides is 1. The van der Waals surface area contributed by atoms with Crippen molar-refractivity contribution in [2.45, 2.75) is 31.8 Å². The Bertz CT molecular complexity index is 478. The summed E-state index contributed by atoms with van der Waals surface area (Å²) in [4.78, 5) is 11.7. The fourth-order valence-electron chi connectivity index (χ4n) is 2.12. The quantitative estimate of drug-likeness (QED) is 0.653. The summed E-state index contributed by atoms with van der Waals surface area (Å²) in [6.07, 6.45) is 3.12. The average molecular weight is 341 g/mol. The maximum absolute atomic E-state index is 11.7. The van der Waals surface area contributed by atoms with Crippen LogP contribution in [-0.2, 0) is 9.53 Å². The average Bonchev–Trinajstić information content (AvgIpc) is 2.48. The smallest absolute Gasteiger partial charge is 0.250 e. The summed E-state index contributed by atoms with van der Waals surface area (Å²) >= 11 is 3.34. The normalized spacial score (nSPS) is 18.6. The van der Waals surface area contributed by atoms with E-state index in [0.717, 1.165) is 41.6 Å². The molecule has 0 aliphatic heterocycles. The number of nitrogens with zero attached hydrogens (tertiary/aromatic N) is 1. The minimum Gasteiger partial charge on any atom is -0.411 e. The highest BCUT2D eigenvalue weighted by Crippen LogP contribution is 2.19. The Morgan fingerprint density at radius 3 is 2.60 bits per heavy atom. The Balaban J connectivity index is 1.71. The van der Waals surface area contributed by atoms with Crippen molar-refractivity contribution in [3.05, 3.63) is 28.7 Å². The number of carbonyl (C=O) groups excluding carboxylic acids is 1. The summed E-state index contributed by atoms with van der Waals surface area (Å²) in [5, 5.41) is 14.7. The molecule has 0 bridgehead atoms. The molecule has 0 radical (unpaired) electrons. The van der Waals surface area contributed by atoms with Gasteiger partial charge in [-0.2, -0.15) is 0 Å². The molecule has 0 atom stereocenters. The molecular weight excluding hydrogens is 324 g/mol. The van der Waals surface area contributed by atoms with E-state index in [2.05, 4.69) is 26.4 Å². The second kappa shape index (κ2) is 7.40. The summed E-state index contributed by atoms with van der Waals surface area (Å²) in [6.45, 7) is 0.0479. The third kappa shape index (κ3) is 4.61. The molecule has 2 rings (SSSR count). The van der Waals surface area contributed by atoms with Gasteiger partial charge in [-0.25, -0.2) is 0 Å². The van der Waals surface area contributed by atoms with Gasteiger partial charge in [-0.05, 0) is 49.9 Å². The Morgan fingerprint density at radius 1 is 1.35 bits per heavy atom. The molecule has 0 spiro atoms. The number of hydrogen-bond donors (Lipinski definition) is 2. The second-order valence-electron chi connectivity index (χ2n) is 4.73. The van der Waals surface area contributed by atoms with Crippen molar-refractivity contribution in [1.82, 2.24) is 0 Å². The molecule has 0 aromatic heterocycles. The molecule has 1 aromatic carbocycles. The molecule has 1 fully saturated rings. The molecular formula is C14H17BrN2O3. The minimum atomic E-state index is -0.158. The van der Waals surface area contributed by atoms with E-state index in [-0.39, 0.29) is 18.6 Å². The highest BCUT2D eigenvalue weighted by molar-refractivity contribution is 9.10. The van der Waals surface area contributed by atoms with Crippen LogP contribution < -0.4 is 5.32 Å². The fourth-order valence-corrected chi connectivity index (χ4v) is 2.38. The van der Waals surface area contributed by atoms with Crippen molar-refractivity contribution >= 4 is 33.2 Å². The van der Waals surface area contributed by atoms with Gasteiger partial charge >= 0.3 is 0 Å². The van der Waals surface area contributed by atoms with E-state index < -0.39 is 0 Å². The lowest BCUT2D eigenvalue weighted by molar-refractivity contribution is -0.122. The van der Waals surface area contributed by atoms with Crippen LogP contribution in [0, 0.1) is 0 Å². The van der Waals surface area contributed by atoms with Crippen LogP contribution in [0.3, 0.4) is 0 Å². The summed E-state index contributed by atoms with van der Waals surface area (Å²) < 4.78 is 6.54. The molecule has 0 heterocycles. The van der Waals surface area contributed by atoms with E-state index in [0.29, 0.717) is 0 Å². The molecule has 1 saturated carbocycles. The number of benzene rings is 1. The van der Waals surface area contributed by atoms with Gasteiger partial charge in [0, 0.05) is 10.2 Å². The molecule has 1 aromatic rings. The summed E-state index contributed by atoms with van der Waals surface area (Å²) in [6, 6.07) is 7.39. The summed E-state index contributed by atoms with van der Waals surface area (Å²) in [5.74, 6) is -0.158. The molecule has 108 valence electrons. The largest absolute Gasteiger partial charge is 0.411 e. The number of nitrogens with one attached hydrogen (secondary N) is 1. The number of hydrogen-bond acceptors (Lipinski definition) is 4. The van der Waals surface area contributed by atoms with E-state index in [4.69, 9.17) is 9.94 Å². The topological polar surface area (TPSA) is 70.9 Å². The van der Waals surface area contributed by atoms with Gasteiger partial charge in [0.1, 0.15) is 6.61 Å². The molecule has 1 amide bonds. The van der Waals surface area contributed by atoms with Gasteiger partial charge in [0.15, 0.2) is 0 Å². The Kier molecular flexibility index (Phi) is 5.55. The number of anilines is 1. The van der Waals surface area contributed by atoms with Crippen molar-refractivity contribution in [2.75, 3.05) is 11.9 Å². The Hall–Kier alpha value is -1.40. The van der Waals surface area contributed by atoms with Gasteiger partial charge in [-0.1, -0.05) is 21.1 Å². The van der Waals surface area contributed by atoms with Crippen LogP contribution in [0.4, 0.5) is 5.69 Å². The van der Waals surface area contributed by atoms with Crippen molar-refractivity contribution in [3.63, 3.8) is 0 Å². The fraction of sp³-hybridized carbons (Fsp3) is 0.429. The summed E-state index contributed by atoms with van der Waals surface area (Å²) in [7, 11) is 0. The minimum absolute atomic E-state index is 0.0479. The highest BCUT2D eigenvalue weighted by atomic mass is 79.9. The molecule has 6 heteroatoms. The van der Waals surface area contributed by atoms with Crippen LogP contribution in [0.5, 0.6) is 0 Å². The maximum atomic E-state index is 11.7. The van der Waals surface area contributed by atoms with Gasteiger partial charge in [-0.3, -0.25) is 4.79 Å². The third-order valence-corrected chi connectivity index (χ3v) is 3.76. The van der Waals surface area contributed by atoms with Crippen molar-refractivity contribution < 1.29 is 14.7 Å². The van der Waals surface area contributed by atoms with Crippen molar-refractivity contribution in [2.24, 2.45) is 5.16 Å². The number of ether oxygens (including phenoxy) is 1. The SMILES string of the molecule is O=C(COC1CCC(=NO)CC1)Nc1ccc(Br)cc1. The standard InChI is InChI=1S/C14H17BrN2O3/c15-10-1-3-11(4-2-10)16-14(18)9-20-13-7-5-12(17-19)6-8-13/h1-4,13,19H,5-9H2,(H,16,18). The number of halogens is 1. The van der Waals surface area contributed by atoms with E-state index in [9.17, 15) is 4.79 Å². The Morgan fingerprint density at radius 2 is 2.00 bits per heavy atom. The van der Waals surface area contributed by atoms with Crippen LogP contribution in [0.2, 0.25) is 0 Å². The van der Waals surface area contributed by atoms with Crippen molar-refractivity contribution in [3.8, 4) is 0 Å². The first-order valence-corrected chi connectivity index (χ1v) is 7.33. The first-order chi connectivity index (χ1) is 9.67. The van der Waals surface area contributed by atoms with Gasteiger partial charge < -0.3 is 15.3 Å². The first-order valence-electron chi connectivity index (χ1n) is 6.54. The lowest BCUT2D eigenvalue weighted by Gasteiger charge is -2.22. The van der Waals surface area contributed by atoms with Crippen molar-refractivity contribution in [1.29, 1.82) is 0 Å². The third-order valence-electron chi connectivity index (χ3n) is 3.23. The van der Waals surface area contributed by atoms with Crippen LogP contribution in [-0.4, -0.2) is 29.5 Å². The van der Waals surface area contributed by atoms with E-state index in [1.54, 1.807) is 0 Å². The molecule has 20 heavy (non-hydrogen) atoms. The zero-order valence-electron chi connectivity index (χ0n) is 11.0. The van der Waals surface area contributed by atoms with Crippen LogP contribution >= 0.6 is 15.9 Å². The maximum Gasteiger partial charge on any atom is 0.250 e. The number of oxime groups is 1. The predicted octanol–water partition coefficient (Wildman–Crippen LogP) is 3.18.